The highest BCUT2D eigenvalue weighted by atomic mass is 16.5. The average molecular weight is 325 g/mol. The van der Waals surface area contributed by atoms with Gasteiger partial charge in [-0.1, -0.05) is 6.92 Å². The van der Waals surface area contributed by atoms with E-state index in [1.807, 2.05) is 32.9 Å². The zero-order valence-corrected chi connectivity index (χ0v) is 13.9. The van der Waals surface area contributed by atoms with E-state index in [0.717, 1.165) is 17.7 Å². The molecule has 0 fully saturated rings. The van der Waals surface area contributed by atoms with Crippen LogP contribution in [0.3, 0.4) is 0 Å². The van der Waals surface area contributed by atoms with E-state index in [0.29, 0.717) is 35.0 Å². The third-order valence-electron chi connectivity index (χ3n) is 3.42. The number of ether oxygens (including phenoxy) is 1. The van der Waals surface area contributed by atoms with E-state index < -0.39 is 0 Å². The summed E-state index contributed by atoms with van der Waals surface area (Å²) in [6.07, 6.45) is 3.98. The largest absolute Gasteiger partial charge is 0.419 e. The molecule has 1 amide bonds. The molecular formula is C17H19N5O2. The summed E-state index contributed by atoms with van der Waals surface area (Å²) in [5.74, 6) is 0.567. The van der Waals surface area contributed by atoms with Crippen LogP contribution in [0.5, 0.6) is 11.8 Å². The molecule has 0 atom stereocenters. The molecule has 7 nitrogen and oxygen atoms in total. The molecule has 3 aromatic rings. The maximum Gasteiger partial charge on any atom is 0.255 e. The molecule has 7 heteroatoms. The fourth-order valence-corrected chi connectivity index (χ4v) is 2.39. The van der Waals surface area contributed by atoms with E-state index in [4.69, 9.17) is 4.74 Å². The molecule has 0 saturated heterocycles. The Morgan fingerprint density at radius 1 is 1.25 bits per heavy atom. The molecule has 0 aliphatic carbocycles. The van der Waals surface area contributed by atoms with Crippen LogP contribution in [0, 0.1) is 13.8 Å². The number of fused-ring (bicyclic) bond motifs is 1. The summed E-state index contributed by atoms with van der Waals surface area (Å²) in [4.78, 5) is 28.1. The molecule has 24 heavy (non-hydrogen) atoms. The second-order valence-electron chi connectivity index (χ2n) is 5.59. The van der Waals surface area contributed by atoms with E-state index in [-0.39, 0.29) is 5.91 Å². The van der Waals surface area contributed by atoms with Gasteiger partial charge in [-0.25, -0.2) is 15.0 Å². The minimum atomic E-state index is -0.181. The van der Waals surface area contributed by atoms with Gasteiger partial charge in [0.25, 0.3) is 5.91 Å². The van der Waals surface area contributed by atoms with Crippen LogP contribution in [0.1, 0.15) is 35.0 Å². The van der Waals surface area contributed by atoms with E-state index in [1.165, 1.54) is 6.20 Å². The first-order valence-electron chi connectivity index (χ1n) is 7.82. The number of aromatic nitrogens is 4. The number of hydrogen-bond donors (Lipinski definition) is 2. The van der Waals surface area contributed by atoms with E-state index >= 15 is 0 Å². The standard InChI is InChI=1S/C17H19N5O2/c1-4-5-18-17(23)12-8-19-16-15(12)22-14(9-20-16)24-13-7-10(2)6-11(3)21-13/h6-9H,4-5H2,1-3H3,(H,18,23)(H,19,20). The molecule has 3 rings (SSSR count). The molecular weight excluding hydrogens is 306 g/mol. The topological polar surface area (TPSA) is 92.8 Å². The van der Waals surface area contributed by atoms with Gasteiger partial charge in [-0.2, -0.15) is 0 Å². The molecule has 0 aromatic carbocycles. The number of H-pyrrole nitrogens is 1. The van der Waals surface area contributed by atoms with Crippen LogP contribution >= 0.6 is 0 Å². The minimum Gasteiger partial charge on any atom is -0.419 e. The first-order chi connectivity index (χ1) is 11.6. The number of aromatic amines is 1. The highest BCUT2D eigenvalue weighted by Gasteiger charge is 2.15. The van der Waals surface area contributed by atoms with E-state index in [9.17, 15) is 4.79 Å². The maximum atomic E-state index is 12.2. The van der Waals surface area contributed by atoms with Gasteiger partial charge in [0.15, 0.2) is 5.65 Å². The zero-order valence-electron chi connectivity index (χ0n) is 13.9. The molecule has 0 bridgehead atoms. The number of amides is 1. The Morgan fingerprint density at radius 3 is 2.83 bits per heavy atom. The summed E-state index contributed by atoms with van der Waals surface area (Å²) < 4.78 is 5.70. The molecule has 124 valence electrons. The third-order valence-corrected chi connectivity index (χ3v) is 3.42. The molecule has 0 unspecified atom stereocenters. The lowest BCUT2D eigenvalue weighted by Gasteiger charge is -2.06. The summed E-state index contributed by atoms with van der Waals surface area (Å²) in [5.41, 5.74) is 3.38. The summed E-state index contributed by atoms with van der Waals surface area (Å²) in [6.45, 7) is 6.48. The fourth-order valence-electron chi connectivity index (χ4n) is 2.39. The third kappa shape index (κ3) is 3.34. The Balaban J connectivity index is 1.91. The van der Waals surface area contributed by atoms with Crippen LogP contribution < -0.4 is 10.1 Å². The van der Waals surface area contributed by atoms with E-state index in [1.54, 1.807) is 6.20 Å². The van der Waals surface area contributed by atoms with Crippen LogP contribution in [-0.2, 0) is 0 Å². The Labute approximate surface area is 139 Å². The van der Waals surface area contributed by atoms with Gasteiger partial charge in [0.05, 0.1) is 11.8 Å². The SMILES string of the molecule is CCCNC(=O)c1c[nH]c2ncc(Oc3cc(C)cc(C)n3)nc12. The predicted octanol–water partition coefficient (Wildman–Crippen LogP) is 2.90. The lowest BCUT2D eigenvalue weighted by atomic mass is 10.2. The van der Waals surface area contributed by atoms with Gasteiger partial charge in [-0.15, -0.1) is 0 Å². The van der Waals surface area contributed by atoms with Crippen LogP contribution in [0.25, 0.3) is 11.2 Å². The Morgan fingerprint density at radius 2 is 2.08 bits per heavy atom. The van der Waals surface area contributed by atoms with Gasteiger partial charge in [-0.05, 0) is 31.9 Å². The van der Waals surface area contributed by atoms with E-state index in [2.05, 4.69) is 25.3 Å². The highest BCUT2D eigenvalue weighted by Crippen LogP contribution is 2.22. The van der Waals surface area contributed by atoms with Crippen molar-refractivity contribution in [1.82, 2.24) is 25.3 Å². The summed E-state index contributed by atoms with van der Waals surface area (Å²) >= 11 is 0. The number of aryl methyl sites for hydroxylation is 2. The number of carbonyl (C=O) groups is 1. The van der Waals surface area contributed by atoms with Gasteiger partial charge in [0.2, 0.25) is 11.8 Å². The van der Waals surface area contributed by atoms with Crippen molar-refractivity contribution >= 4 is 17.1 Å². The van der Waals surface area contributed by atoms with Gasteiger partial charge < -0.3 is 15.0 Å². The molecule has 2 N–H and O–H groups in total. The van der Waals surface area contributed by atoms with Gasteiger partial charge in [0.1, 0.15) is 5.52 Å². The molecule has 0 saturated carbocycles. The summed E-state index contributed by atoms with van der Waals surface area (Å²) in [7, 11) is 0. The second kappa shape index (κ2) is 6.66. The van der Waals surface area contributed by atoms with Crippen molar-refractivity contribution in [3.05, 3.63) is 41.3 Å². The summed E-state index contributed by atoms with van der Waals surface area (Å²) in [5, 5.41) is 2.83. The molecule has 0 aliphatic heterocycles. The average Bonchev–Trinajstić information content (AvgIpc) is 2.95. The highest BCUT2D eigenvalue weighted by molar-refractivity contribution is 6.04. The summed E-state index contributed by atoms with van der Waals surface area (Å²) in [6, 6.07) is 3.79. The lowest BCUT2D eigenvalue weighted by Crippen LogP contribution is -2.23. The van der Waals surface area contributed by atoms with Crippen LogP contribution in [0.4, 0.5) is 0 Å². The van der Waals surface area contributed by atoms with Crippen molar-refractivity contribution in [2.75, 3.05) is 6.54 Å². The number of nitrogens with zero attached hydrogens (tertiary/aromatic N) is 3. The van der Waals surface area contributed by atoms with Crippen molar-refractivity contribution in [1.29, 1.82) is 0 Å². The molecule has 0 radical (unpaired) electrons. The quantitative estimate of drug-likeness (QED) is 0.752. The first kappa shape index (κ1) is 15.9. The number of nitrogens with one attached hydrogen (secondary N) is 2. The molecule has 3 aromatic heterocycles. The van der Waals surface area contributed by atoms with Crippen molar-refractivity contribution in [2.45, 2.75) is 27.2 Å². The van der Waals surface area contributed by atoms with Crippen LogP contribution in [-0.4, -0.2) is 32.4 Å². The first-order valence-corrected chi connectivity index (χ1v) is 7.82. The number of rotatable bonds is 5. The van der Waals surface area contributed by atoms with Gasteiger partial charge >= 0.3 is 0 Å². The van der Waals surface area contributed by atoms with Crippen molar-refractivity contribution < 1.29 is 9.53 Å². The van der Waals surface area contributed by atoms with Crippen LogP contribution in [0.15, 0.2) is 24.5 Å². The van der Waals surface area contributed by atoms with Crippen LogP contribution in [0.2, 0.25) is 0 Å². The van der Waals surface area contributed by atoms with Crippen molar-refractivity contribution in [3.63, 3.8) is 0 Å². The molecule has 0 aliphatic rings. The zero-order chi connectivity index (χ0) is 17.1. The van der Waals surface area contributed by atoms with Crippen molar-refractivity contribution in [2.24, 2.45) is 0 Å². The monoisotopic (exact) mass is 325 g/mol. The van der Waals surface area contributed by atoms with Gasteiger partial charge in [-0.3, -0.25) is 4.79 Å². The minimum absolute atomic E-state index is 0.181. The smallest absolute Gasteiger partial charge is 0.255 e. The second-order valence-corrected chi connectivity index (χ2v) is 5.59. The molecule has 0 spiro atoms. The predicted molar refractivity (Wildman–Crippen MR) is 90.3 cm³/mol. The number of pyridine rings is 1. The fraction of sp³-hybridized carbons (Fsp3) is 0.294. The van der Waals surface area contributed by atoms with Gasteiger partial charge in [0, 0.05) is 24.5 Å². The Hall–Kier alpha value is -2.96. The Bertz CT molecular complexity index is 868. The number of carbonyl (C=O) groups excluding carboxylic acids is 1. The number of hydrogen-bond acceptors (Lipinski definition) is 5. The normalized spacial score (nSPS) is 10.8. The Kier molecular flexibility index (Phi) is 4.41. The maximum absolute atomic E-state index is 12.2. The lowest BCUT2D eigenvalue weighted by molar-refractivity contribution is 0.0955. The molecule has 3 heterocycles. The van der Waals surface area contributed by atoms with Crippen molar-refractivity contribution in [3.8, 4) is 11.8 Å².